The lowest BCUT2D eigenvalue weighted by molar-refractivity contribution is -0.140. The minimum atomic E-state index is -1.20. The number of aliphatic carboxylic acids is 1. The molecule has 1 unspecified atom stereocenters. The number of carboxylic acid groups (broad SMARTS) is 1. The highest BCUT2D eigenvalue weighted by Gasteiger charge is 2.26. The second kappa shape index (κ2) is 6.79. The van der Waals surface area contributed by atoms with Gasteiger partial charge in [0.1, 0.15) is 17.7 Å². The van der Waals surface area contributed by atoms with Crippen LogP contribution in [0.4, 0.5) is 8.78 Å². The Kier molecular flexibility index (Phi) is 5.06. The molecule has 1 aliphatic rings. The molecule has 0 bridgehead atoms. The van der Waals surface area contributed by atoms with Gasteiger partial charge in [0.15, 0.2) is 0 Å². The zero-order chi connectivity index (χ0) is 14.5. The number of rotatable bonds is 4. The molecule has 110 valence electrons. The first-order chi connectivity index (χ1) is 9.58. The molecule has 0 radical (unpaired) electrons. The Labute approximate surface area is 117 Å². The molecule has 3 nitrogen and oxygen atoms in total. The van der Waals surface area contributed by atoms with E-state index in [2.05, 4.69) is 5.32 Å². The molecule has 0 spiro atoms. The number of hydrogen-bond acceptors (Lipinski definition) is 2. The summed E-state index contributed by atoms with van der Waals surface area (Å²) in [6, 6.07) is 1.76. The molecule has 2 N–H and O–H groups in total. The zero-order valence-electron chi connectivity index (χ0n) is 11.2. The number of carboxylic acids is 1. The molecule has 1 aromatic rings. The molecule has 1 saturated carbocycles. The highest BCUT2D eigenvalue weighted by atomic mass is 19.1. The lowest BCUT2D eigenvalue weighted by atomic mass is 10.0. The van der Waals surface area contributed by atoms with Crippen LogP contribution in [0, 0.1) is 11.6 Å². The van der Waals surface area contributed by atoms with Crippen LogP contribution in [0.25, 0.3) is 0 Å². The summed E-state index contributed by atoms with van der Waals surface area (Å²) in [5.41, 5.74) is -0.137. The SMILES string of the molecule is O=C(O)C(NC1CCCCCC1)c1cc(F)ccc1F. The first-order valence-electron chi connectivity index (χ1n) is 7.01. The zero-order valence-corrected chi connectivity index (χ0v) is 11.2. The van der Waals surface area contributed by atoms with Crippen LogP contribution in [0.5, 0.6) is 0 Å². The molecular formula is C15H19F2NO2. The highest BCUT2D eigenvalue weighted by Crippen LogP contribution is 2.23. The smallest absolute Gasteiger partial charge is 0.325 e. The molecule has 20 heavy (non-hydrogen) atoms. The van der Waals surface area contributed by atoms with Gasteiger partial charge in [-0.3, -0.25) is 10.1 Å². The Morgan fingerprint density at radius 2 is 1.85 bits per heavy atom. The largest absolute Gasteiger partial charge is 0.480 e. The summed E-state index contributed by atoms with van der Waals surface area (Å²) in [6.07, 6.45) is 6.11. The van der Waals surface area contributed by atoms with Gasteiger partial charge in [-0.25, -0.2) is 8.78 Å². The van der Waals surface area contributed by atoms with Crippen molar-refractivity contribution in [3.8, 4) is 0 Å². The van der Waals surface area contributed by atoms with Gasteiger partial charge in [0, 0.05) is 11.6 Å². The molecule has 1 atom stereocenters. The van der Waals surface area contributed by atoms with Gasteiger partial charge in [0.2, 0.25) is 0 Å². The summed E-state index contributed by atoms with van der Waals surface area (Å²) in [7, 11) is 0. The Balaban J connectivity index is 2.17. The summed E-state index contributed by atoms with van der Waals surface area (Å²) in [6.45, 7) is 0. The third-order valence-electron chi connectivity index (χ3n) is 3.77. The fourth-order valence-electron chi connectivity index (χ4n) is 2.71. The van der Waals surface area contributed by atoms with Crippen LogP contribution in [-0.2, 0) is 4.79 Å². The maximum Gasteiger partial charge on any atom is 0.325 e. The van der Waals surface area contributed by atoms with Gasteiger partial charge in [0.05, 0.1) is 0 Å². The monoisotopic (exact) mass is 283 g/mol. The summed E-state index contributed by atoms with van der Waals surface area (Å²) in [4.78, 5) is 11.4. The van der Waals surface area contributed by atoms with Gasteiger partial charge in [-0.2, -0.15) is 0 Å². The van der Waals surface area contributed by atoms with Crippen molar-refractivity contribution in [2.24, 2.45) is 0 Å². The molecule has 0 aliphatic heterocycles. The highest BCUT2D eigenvalue weighted by molar-refractivity contribution is 5.75. The van der Waals surface area contributed by atoms with Crippen molar-refractivity contribution >= 4 is 5.97 Å². The van der Waals surface area contributed by atoms with E-state index in [1.54, 1.807) is 0 Å². The lowest BCUT2D eigenvalue weighted by Crippen LogP contribution is -2.37. The van der Waals surface area contributed by atoms with Crippen LogP contribution in [0.3, 0.4) is 0 Å². The lowest BCUT2D eigenvalue weighted by Gasteiger charge is -2.22. The predicted octanol–water partition coefficient (Wildman–Crippen LogP) is 3.40. The second-order valence-electron chi connectivity index (χ2n) is 5.29. The molecule has 1 aliphatic carbocycles. The number of hydrogen-bond donors (Lipinski definition) is 2. The van der Waals surface area contributed by atoms with E-state index in [1.165, 1.54) is 0 Å². The Bertz CT molecular complexity index is 471. The summed E-state index contributed by atoms with van der Waals surface area (Å²) >= 11 is 0. The quantitative estimate of drug-likeness (QED) is 0.833. The summed E-state index contributed by atoms with van der Waals surface area (Å²) < 4.78 is 27.0. The molecule has 1 aromatic carbocycles. The summed E-state index contributed by atoms with van der Waals surface area (Å²) in [5.74, 6) is -2.51. The van der Waals surface area contributed by atoms with Crippen molar-refractivity contribution in [3.63, 3.8) is 0 Å². The molecule has 0 heterocycles. The Morgan fingerprint density at radius 1 is 1.20 bits per heavy atom. The van der Waals surface area contributed by atoms with E-state index in [4.69, 9.17) is 0 Å². The fraction of sp³-hybridized carbons (Fsp3) is 0.533. The molecule has 2 rings (SSSR count). The van der Waals surface area contributed by atoms with E-state index in [0.717, 1.165) is 56.7 Å². The Hall–Kier alpha value is -1.49. The van der Waals surface area contributed by atoms with E-state index < -0.39 is 23.6 Å². The molecule has 0 amide bonds. The first-order valence-corrected chi connectivity index (χ1v) is 7.01. The van der Waals surface area contributed by atoms with Gasteiger partial charge in [-0.05, 0) is 31.0 Å². The van der Waals surface area contributed by atoms with E-state index in [0.29, 0.717) is 0 Å². The average Bonchev–Trinajstić information content (AvgIpc) is 2.67. The maximum atomic E-state index is 13.7. The number of nitrogens with one attached hydrogen (secondary N) is 1. The number of halogens is 2. The van der Waals surface area contributed by atoms with Crippen LogP contribution in [0.2, 0.25) is 0 Å². The third-order valence-corrected chi connectivity index (χ3v) is 3.77. The fourth-order valence-corrected chi connectivity index (χ4v) is 2.71. The van der Waals surface area contributed by atoms with Gasteiger partial charge in [-0.1, -0.05) is 25.7 Å². The minimum Gasteiger partial charge on any atom is -0.480 e. The molecule has 0 aromatic heterocycles. The van der Waals surface area contributed by atoms with E-state index in [-0.39, 0.29) is 11.6 Å². The number of carbonyl (C=O) groups is 1. The first kappa shape index (κ1) is 14.9. The predicted molar refractivity (Wildman–Crippen MR) is 71.4 cm³/mol. The topological polar surface area (TPSA) is 49.3 Å². The van der Waals surface area contributed by atoms with Gasteiger partial charge in [-0.15, -0.1) is 0 Å². The van der Waals surface area contributed by atoms with Crippen LogP contribution < -0.4 is 5.32 Å². The Morgan fingerprint density at radius 3 is 2.45 bits per heavy atom. The van der Waals surface area contributed by atoms with Crippen molar-refractivity contribution in [1.29, 1.82) is 0 Å². The van der Waals surface area contributed by atoms with Crippen molar-refractivity contribution in [1.82, 2.24) is 5.32 Å². The normalized spacial score (nSPS) is 18.5. The van der Waals surface area contributed by atoms with Gasteiger partial charge < -0.3 is 5.11 Å². The van der Waals surface area contributed by atoms with Crippen molar-refractivity contribution in [3.05, 3.63) is 35.4 Å². The van der Waals surface area contributed by atoms with E-state index >= 15 is 0 Å². The van der Waals surface area contributed by atoms with Crippen LogP contribution in [0.1, 0.15) is 50.1 Å². The van der Waals surface area contributed by atoms with Gasteiger partial charge >= 0.3 is 5.97 Å². The molecule has 1 fully saturated rings. The van der Waals surface area contributed by atoms with Crippen LogP contribution in [0.15, 0.2) is 18.2 Å². The van der Waals surface area contributed by atoms with Crippen LogP contribution >= 0.6 is 0 Å². The van der Waals surface area contributed by atoms with Crippen molar-refractivity contribution in [2.75, 3.05) is 0 Å². The third kappa shape index (κ3) is 3.76. The summed E-state index contributed by atoms with van der Waals surface area (Å²) in [5, 5.41) is 12.3. The second-order valence-corrected chi connectivity index (χ2v) is 5.29. The number of benzene rings is 1. The molecular weight excluding hydrogens is 264 g/mol. The standard InChI is InChI=1S/C15H19F2NO2/c16-10-7-8-13(17)12(9-10)14(15(19)20)18-11-5-3-1-2-4-6-11/h7-9,11,14,18H,1-6H2,(H,19,20). The maximum absolute atomic E-state index is 13.7. The average molecular weight is 283 g/mol. The molecule has 0 saturated heterocycles. The molecule has 5 heteroatoms. The van der Waals surface area contributed by atoms with E-state index in [9.17, 15) is 18.7 Å². The van der Waals surface area contributed by atoms with Crippen LogP contribution in [-0.4, -0.2) is 17.1 Å². The van der Waals surface area contributed by atoms with Gasteiger partial charge in [0.25, 0.3) is 0 Å². The van der Waals surface area contributed by atoms with Crippen molar-refractivity contribution < 1.29 is 18.7 Å². The van der Waals surface area contributed by atoms with E-state index in [1.807, 2.05) is 0 Å². The minimum absolute atomic E-state index is 0.0428. The van der Waals surface area contributed by atoms with Crippen molar-refractivity contribution in [2.45, 2.75) is 50.6 Å².